The second-order valence-electron chi connectivity index (χ2n) is 5.96. The zero-order chi connectivity index (χ0) is 19.0. The predicted octanol–water partition coefficient (Wildman–Crippen LogP) is 2.15. The fraction of sp³-hybridized carbons (Fsp3) is 0.118. The fourth-order valence-corrected chi connectivity index (χ4v) is 4.90. The zero-order valence-electron chi connectivity index (χ0n) is 13.8. The van der Waals surface area contributed by atoms with Crippen LogP contribution in [0.15, 0.2) is 53.6 Å². The van der Waals surface area contributed by atoms with E-state index in [1.165, 1.54) is 6.07 Å². The van der Waals surface area contributed by atoms with E-state index in [-0.39, 0.29) is 16.8 Å². The molecule has 8 nitrogen and oxygen atoms in total. The van der Waals surface area contributed by atoms with Gasteiger partial charge in [-0.3, -0.25) is 4.79 Å². The van der Waals surface area contributed by atoms with Crippen molar-refractivity contribution in [2.45, 2.75) is 17.4 Å². The number of sulfonamides is 1. The molecule has 1 atom stereocenters. The van der Waals surface area contributed by atoms with Crippen LogP contribution >= 0.6 is 11.7 Å². The minimum Gasteiger partial charge on any atom is -0.480 e. The Balaban J connectivity index is 1.67. The van der Waals surface area contributed by atoms with Crippen LogP contribution in [-0.2, 0) is 21.2 Å². The van der Waals surface area contributed by atoms with Crippen molar-refractivity contribution in [2.75, 3.05) is 0 Å². The number of para-hydroxylation sites is 1. The number of nitrogens with zero attached hydrogens (tertiary/aromatic N) is 2. The highest BCUT2D eigenvalue weighted by molar-refractivity contribution is 7.89. The molecule has 0 spiro atoms. The lowest BCUT2D eigenvalue weighted by Crippen LogP contribution is -2.42. The summed E-state index contributed by atoms with van der Waals surface area (Å²) in [7, 11) is -4.09. The summed E-state index contributed by atoms with van der Waals surface area (Å²) < 4.78 is 35.9. The summed E-state index contributed by atoms with van der Waals surface area (Å²) in [6.45, 7) is 0. The molecule has 138 valence electrons. The first-order valence-corrected chi connectivity index (χ1v) is 10.2. The van der Waals surface area contributed by atoms with Gasteiger partial charge in [-0.1, -0.05) is 24.3 Å². The Labute approximate surface area is 158 Å². The quantitative estimate of drug-likeness (QED) is 0.454. The number of aromatic amines is 1. The topological polar surface area (TPSA) is 125 Å². The number of benzene rings is 2. The highest BCUT2D eigenvalue weighted by Crippen LogP contribution is 2.23. The van der Waals surface area contributed by atoms with Crippen molar-refractivity contribution in [3.8, 4) is 0 Å². The van der Waals surface area contributed by atoms with E-state index in [1.807, 2.05) is 24.3 Å². The Morgan fingerprint density at radius 3 is 2.81 bits per heavy atom. The lowest BCUT2D eigenvalue weighted by atomic mass is 10.1. The number of rotatable bonds is 6. The van der Waals surface area contributed by atoms with E-state index in [4.69, 9.17) is 0 Å². The molecule has 4 aromatic rings. The first-order valence-electron chi connectivity index (χ1n) is 7.97. The summed E-state index contributed by atoms with van der Waals surface area (Å²) in [6.07, 6.45) is 1.70. The summed E-state index contributed by atoms with van der Waals surface area (Å²) in [5, 5.41) is 10.4. The van der Waals surface area contributed by atoms with E-state index in [2.05, 4.69) is 18.5 Å². The number of H-pyrrole nitrogens is 1. The van der Waals surface area contributed by atoms with E-state index < -0.39 is 22.0 Å². The van der Waals surface area contributed by atoms with Gasteiger partial charge in [0.15, 0.2) is 0 Å². The Morgan fingerprint density at radius 2 is 2.00 bits per heavy atom. The first-order chi connectivity index (χ1) is 13.0. The van der Waals surface area contributed by atoms with Gasteiger partial charge in [-0.15, -0.1) is 0 Å². The molecular formula is C17H14N4O4S2. The van der Waals surface area contributed by atoms with Gasteiger partial charge in [-0.2, -0.15) is 13.5 Å². The lowest BCUT2D eigenvalue weighted by molar-refractivity contribution is -0.138. The van der Waals surface area contributed by atoms with Crippen LogP contribution in [0, 0.1) is 0 Å². The molecule has 0 bridgehead atoms. The average Bonchev–Trinajstić information content (AvgIpc) is 3.27. The van der Waals surface area contributed by atoms with E-state index in [0.29, 0.717) is 11.1 Å². The molecule has 0 unspecified atom stereocenters. The van der Waals surface area contributed by atoms with E-state index in [0.717, 1.165) is 22.6 Å². The SMILES string of the molecule is O=C(O)[C@H](Cc1c[nH]c2ccccc12)NS(=O)(=O)c1cccc2nsnc12. The molecule has 0 aliphatic carbocycles. The minimum absolute atomic E-state index is 0.00384. The van der Waals surface area contributed by atoms with Gasteiger partial charge in [0.2, 0.25) is 10.0 Å². The normalized spacial score (nSPS) is 13.2. The number of carboxylic acids is 1. The molecule has 0 saturated carbocycles. The number of fused-ring (bicyclic) bond motifs is 2. The monoisotopic (exact) mass is 402 g/mol. The van der Waals surface area contributed by atoms with Crippen molar-refractivity contribution in [1.82, 2.24) is 18.5 Å². The van der Waals surface area contributed by atoms with Crippen molar-refractivity contribution in [1.29, 1.82) is 0 Å². The Hall–Kier alpha value is -2.82. The third-order valence-corrected chi connectivity index (χ3v) is 6.28. The maximum Gasteiger partial charge on any atom is 0.322 e. The molecule has 2 heterocycles. The highest BCUT2D eigenvalue weighted by atomic mass is 32.2. The molecule has 27 heavy (non-hydrogen) atoms. The largest absolute Gasteiger partial charge is 0.480 e. The summed E-state index contributed by atoms with van der Waals surface area (Å²) in [4.78, 5) is 14.7. The molecule has 0 amide bonds. The van der Waals surface area contributed by atoms with Gasteiger partial charge in [-0.25, -0.2) is 8.42 Å². The number of aliphatic carboxylic acids is 1. The molecule has 0 saturated heterocycles. The molecule has 0 radical (unpaired) electrons. The standard InChI is InChI=1S/C17H14N4O4S2/c22-17(23)14(8-10-9-18-12-5-2-1-4-11(10)12)21-27(24,25)15-7-3-6-13-16(15)20-26-19-13/h1-7,9,14,18,21H,8H2,(H,22,23)/t14-/m0/s1. The number of nitrogens with one attached hydrogen (secondary N) is 2. The number of carboxylic acid groups (broad SMARTS) is 1. The predicted molar refractivity (Wildman–Crippen MR) is 101 cm³/mol. The van der Waals surface area contributed by atoms with Gasteiger partial charge in [0.25, 0.3) is 0 Å². The summed E-state index contributed by atoms with van der Waals surface area (Å²) in [5.74, 6) is -1.26. The summed E-state index contributed by atoms with van der Waals surface area (Å²) in [5.41, 5.74) is 2.25. The highest BCUT2D eigenvalue weighted by Gasteiger charge is 2.28. The maximum absolute atomic E-state index is 12.8. The molecule has 0 aliphatic heterocycles. The lowest BCUT2D eigenvalue weighted by Gasteiger charge is -2.14. The van der Waals surface area contributed by atoms with Gasteiger partial charge in [0.05, 0.1) is 11.7 Å². The number of hydrogen-bond acceptors (Lipinski definition) is 6. The minimum atomic E-state index is -4.09. The third kappa shape index (κ3) is 3.29. The molecule has 3 N–H and O–H groups in total. The Kier molecular flexibility index (Phi) is 4.38. The Bertz CT molecular complexity index is 1250. The van der Waals surface area contributed by atoms with Crippen LogP contribution in [0.25, 0.3) is 21.9 Å². The molecular weight excluding hydrogens is 388 g/mol. The fourth-order valence-electron chi connectivity index (χ4n) is 2.95. The van der Waals surface area contributed by atoms with Crippen LogP contribution in [-0.4, -0.2) is 39.3 Å². The van der Waals surface area contributed by atoms with E-state index in [1.54, 1.807) is 18.3 Å². The third-order valence-electron chi connectivity index (χ3n) is 4.23. The van der Waals surface area contributed by atoms with Crippen molar-refractivity contribution in [3.05, 3.63) is 54.2 Å². The number of carbonyl (C=O) groups is 1. The van der Waals surface area contributed by atoms with E-state index in [9.17, 15) is 18.3 Å². The molecule has 2 aromatic carbocycles. The second kappa shape index (κ2) is 6.72. The van der Waals surface area contributed by atoms with Crippen molar-refractivity contribution < 1.29 is 18.3 Å². The van der Waals surface area contributed by atoms with Crippen molar-refractivity contribution in [2.24, 2.45) is 0 Å². The van der Waals surface area contributed by atoms with Gasteiger partial charge in [0.1, 0.15) is 22.0 Å². The van der Waals surface area contributed by atoms with Crippen molar-refractivity contribution >= 4 is 49.7 Å². The van der Waals surface area contributed by atoms with Gasteiger partial charge in [-0.05, 0) is 23.8 Å². The zero-order valence-corrected chi connectivity index (χ0v) is 15.4. The molecule has 10 heteroatoms. The maximum atomic E-state index is 12.8. The molecule has 0 fully saturated rings. The smallest absolute Gasteiger partial charge is 0.322 e. The molecule has 4 rings (SSSR count). The van der Waals surface area contributed by atoms with Crippen LogP contribution in [0.3, 0.4) is 0 Å². The summed E-state index contributed by atoms with van der Waals surface area (Å²) in [6, 6.07) is 10.7. The van der Waals surface area contributed by atoms with Gasteiger partial charge < -0.3 is 10.1 Å². The average molecular weight is 402 g/mol. The van der Waals surface area contributed by atoms with Crippen molar-refractivity contribution in [3.63, 3.8) is 0 Å². The van der Waals surface area contributed by atoms with Crippen LogP contribution < -0.4 is 4.72 Å². The van der Waals surface area contributed by atoms with Crippen LogP contribution in [0.2, 0.25) is 0 Å². The van der Waals surface area contributed by atoms with Gasteiger partial charge in [0, 0.05) is 23.5 Å². The molecule has 0 aliphatic rings. The van der Waals surface area contributed by atoms with E-state index >= 15 is 0 Å². The molecule has 2 aromatic heterocycles. The Morgan fingerprint density at radius 1 is 1.19 bits per heavy atom. The first kappa shape index (κ1) is 17.6. The van der Waals surface area contributed by atoms with Crippen LogP contribution in [0.4, 0.5) is 0 Å². The van der Waals surface area contributed by atoms with Crippen LogP contribution in [0.5, 0.6) is 0 Å². The summed E-state index contributed by atoms with van der Waals surface area (Å²) >= 11 is 0.901. The number of hydrogen-bond donors (Lipinski definition) is 3. The van der Waals surface area contributed by atoms with Gasteiger partial charge >= 0.3 is 5.97 Å². The van der Waals surface area contributed by atoms with Crippen LogP contribution in [0.1, 0.15) is 5.56 Å². The number of aromatic nitrogens is 3. The second-order valence-corrected chi connectivity index (χ2v) is 8.17.